The second-order valence-corrected chi connectivity index (χ2v) is 6.53. The molecule has 0 atom stereocenters. The molecule has 0 spiro atoms. The number of hydrogen-bond donors (Lipinski definition) is 1. The standard InChI is InChI=1S/C19H16N2O7S/c1-3-27-19(23)16-12(14-5-4-8-28-14)10-29-18(16)20-17(22)11-6-7-15(26-2)13(9-11)21(24)25/h4-10H,3H2,1-2H3,(H,20,22). The number of benzene rings is 1. The molecule has 0 aliphatic rings. The average molecular weight is 416 g/mol. The van der Waals surface area contributed by atoms with E-state index in [-0.39, 0.29) is 34.2 Å². The van der Waals surface area contributed by atoms with Crippen LogP contribution in [0.15, 0.2) is 46.4 Å². The Kier molecular flexibility index (Phi) is 5.93. The maximum Gasteiger partial charge on any atom is 0.341 e. The van der Waals surface area contributed by atoms with Gasteiger partial charge in [-0.25, -0.2) is 4.79 Å². The number of nitrogens with one attached hydrogen (secondary N) is 1. The zero-order chi connectivity index (χ0) is 21.0. The van der Waals surface area contributed by atoms with E-state index in [9.17, 15) is 19.7 Å². The number of ether oxygens (including phenoxy) is 2. The lowest BCUT2D eigenvalue weighted by atomic mass is 10.1. The van der Waals surface area contributed by atoms with Gasteiger partial charge in [0.25, 0.3) is 5.91 Å². The van der Waals surface area contributed by atoms with Crippen LogP contribution in [0.1, 0.15) is 27.6 Å². The third kappa shape index (κ3) is 4.11. The number of amides is 1. The highest BCUT2D eigenvalue weighted by molar-refractivity contribution is 7.15. The fourth-order valence-corrected chi connectivity index (χ4v) is 3.55. The molecule has 29 heavy (non-hydrogen) atoms. The van der Waals surface area contributed by atoms with Crippen molar-refractivity contribution in [1.82, 2.24) is 0 Å². The number of anilines is 1. The van der Waals surface area contributed by atoms with Crippen molar-refractivity contribution in [3.63, 3.8) is 0 Å². The number of thiophene rings is 1. The van der Waals surface area contributed by atoms with Crippen LogP contribution in [0.3, 0.4) is 0 Å². The first-order valence-corrected chi connectivity index (χ1v) is 9.30. The average Bonchev–Trinajstić information content (AvgIpc) is 3.37. The van der Waals surface area contributed by atoms with Crippen molar-refractivity contribution < 1.29 is 28.4 Å². The quantitative estimate of drug-likeness (QED) is 0.345. The fraction of sp³-hybridized carbons (Fsp3) is 0.158. The predicted molar refractivity (Wildman–Crippen MR) is 106 cm³/mol. The zero-order valence-electron chi connectivity index (χ0n) is 15.5. The Morgan fingerprint density at radius 3 is 2.72 bits per heavy atom. The number of esters is 1. The minimum Gasteiger partial charge on any atom is -0.490 e. The molecular weight excluding hydrogens is 400 g/mol. The Labute approximate surface area is 169 Å². The Bertz CT molecular complexity index is 1060. The SMILES string of the molecule is CCOC(=O)c1c(-c2ccco2)csc1NC(=O)c1ccc(OC)c([N+](=O)[O-])c1. The maximum absolute atomic E-state index is 12.7. The normalized spacial score (nSPS) is 10.4. The molecular formula is C19H16N2O7S. The second kappa shape index (κ2) is 8.57. The molecule has 3 rings (SSSR count). The van der Waals surface area contributed by atoms with E-state index in [4.69, 9.17) is 13.9 Å². The molecule has 0 bridgehead atoms. The molecule has 150 valence electrons. The van der Waals surface area contributed by atoms with Gasteiger partial charge in [-0.1, -0.05) is 0 Å². The molecule has 0 saturated carbocycles. The minimum atomic E-state index is -0.639. The summed E-state index contributed by atoms with van der Waals surface area (Å²) in [7, 11) is 1.30. The van der Waals surface area contributed by atoms with Gasteiger partial charge in [0.05, 0.1) is 24.9 Å². The lowest BCUT2D eigenvalue weighted by molar-refractivity contribution is -0.385. The van der Waals surface area contributed by atoms with Crippen molar-refractivity contribution in [3.8, 4) is 17.1 Å². The molecule has 0 radical (unpaired) electrons. The largest absolute Gasteiger partial charge is 0.490 e. The summed E-state index contributed by atoms with van der Waals surface area (Å²) in [6, 6.07) is 7.20. The van der Waals surface area contributed by atoms with Crippen LogP contribution in [0.5, 0.6) is 5.75 Å². The van der Waals surface area contributed by atoms with Crippen LogP contribution in [0.2, 0.25) is 0 Å². The fourth-order valence-electron chi connectivity index (χ4n) is 2.62. The highest BCUT2D eigenvalue weighted by Gasteiger charge is 2.25. The molecule has 0 fully saturated rings. The molecule has 1 amide bonds. The van der Waals surface area contributed by atoms with Crippen molar-refractivity contribution in [2.45, 2.75) is 6.92 Å². The van der Waals surface area contributed by atoms with Gasteiger partial charge in [-0.15, -0.1) is 11.3 Å². The van der Waals surface area contributed by atoms with Gasteiger partial charge in [-0.05, 0) is 31.2 Å². The number of carbonyl (C=O) groups is 2. The number of methoxy groups -OCH3 is 1. The van der Waals surface area contributed by atoms with Crippen molar-refractivity contribution in [2.75, 3.05) is 19.0 Å². The van der Waals surface area contributed by atoms with Gasteiger partial charge in [-0.2, -0.15) is 0 Å². The number of nitrogens with zero attached hydrogens (tertiary/aromatic N) is 1. The van der Waals surface area contributed by atoms with E-state index in [2.05, 4.69) is 5.32 Å². The minimum absolute atomic E-state index is 0.0370. The Hall–Kier alpha value is -3.66. The van der Waals surface area contributed by atoms with Gasteiger partial charge < -0.3 is 19.2 Å². The monoisotopic (exact) mass is 416 g/mol. The summed E-state index contributed by atoms with van der Waals surface area (Å²) in [5.74, 6) is -0.745. The third-order valence-electron chi connectivity index (χ3n) is 3.92. The lowest BCUT2D eigenvalue weighted by Crippen LogP contribution is -2.15. The molecule has 0 aliphatic carbocycles. The summed E-state index contributed by atoms with van der Waals surface area (Å²) in [5, 5.41) is 15.7. The van der Waals surface area contributed by atoms with E-state index in [0.29, 0.717) is 11.3 Å². The van der Waals surface area contributed by atoms with E-state index < -0.39 is 16.8 Å². The molecule has 2 aromatic heterocycles. The summed E-state index contributed by atoms with van der Waals surface area (Å²) < 4.78 is 15.4. The number of carbonyl (C=O) groups excluding carboxylic acids is 2. The van der Waals surface area contributed by atoms with E-state index >= 15 is 0 Å². The Balaban J connectivity index is 1.96. The van der Waals surface area contributed by atoms with Crippen molar-refractivity contribution in [1.29, 1.82) is 0 Å². The number of nitro benzene ring substituents is 1. The molecule has 10 heteroatoms. The Morgan fingerprint density at radius 1 is 1.31 bits per heavy atom. The first kappa shape index (κ1) is 20.1. The van der Waals surface area contributed by atoms with Crippen LogP contribution in [-0.2, 0) is 4.74 Å². The predicted octanol–water partition coefficient (Wildman–Crippen LogP) is 4.35. The first-order valence-electron chi connectivity index (χ1n) is 8.42. The van der Waals surface area contributed by atoms with Gasteiger partial charge in [0.2, 0.25) is 0 Å². The highest BCUT2D eigenvalue weighted by atomic mass is 32.1. The molecule has 1 N–H and O–H groups in total. The van der Waals surface area contributed by atoms with Crippen LogP contribution in [0.25, 0.3) is 11.3 Å². The molecule has 0 unspecified atom stereocenters. The van der Waals surface area contributed by atoms with Crippen molar-refractivity contribution >= 4 is 33.9 Å². The smallest absolute Gasteiger partial charge is 0.341 e. The summed E-state index contributed by atoms with van der Waals surface area (Å²) in [4.78, 5) is 35.7. The van der Waals surface area contributed by atoms with E-state index in [1.807, 2.05) is 0 Å². The molecule has 1 aromatic carbocycles. The van der Waals surface area contributed by atoms with E-state index in [1.165, 1.54) is 25.5 Å². The molecule has 0 aliphatic heterocycles. The summed E-state index contributed by atoms with van der Waals surface area (Å²) in [6.45, 7) is 1.83. The third-order valence-corrected chi connectivity index (χ3v) is 4.82. The molecule has 9 nitrogen and oxygen atoms in total. The van der Waals surface area contributed by atoms with E-state index in [1.54, 1.807) is 24.4 Å². The number of rotatable bonds is 7. The van der Waals surface area contributed by atoms with Crippen LogP contribution in [-0.4, -0.2) is 30.5 Å². The van der Waals surface area contributed by atoms with Crippen LogP contribution < -0.4 is 10.1 Å². The molecule has 2 heterocycles. The van der Waals surface area contributed by atoms with Crippen molar-refractivity contribution in [3.05, 3.63) is 63.2 Å². The van der Waals surface area contributed by atoms with E-state index in [0.717, 1.165) is 17.4 Å². The van der Waals surface area contributed by atoms with Crippen molar-refractivity contribution in [2.24, 2.45) is 0 Å². The van der Waals surface area contributed by atoms with Crippen LogP contribution >= 0.6 is 11.3 Å². The first-order chi connectivity index (χ1) is 14.0. The van der Waals surface area contributed by atoms with Gasteiger partial charge >= 0.3 is 11.7 Å². The summed E-state index contributed by atoms with van der Waals surface area (Å²) in [5.41, 5.74) is 0.339. The molecule has 3 aromatic rings. The van der Waals surface area contributed by atoms with Gasteiger partial charge in [0, 0.05) is 22.6 Å². The maximum atomic E-state index is 12.7. The number of furan rings is 1. The van der Waals surface area contributed by atoms with Crippen LogP contribution in [0, 0.1) is 10.1 Å². The van der Waals surface area contributed by atoms with Crippen LogP contribution in [0.4, 0.5) is 10.7 Å². The Morgan fingerprint density at radius 2 is 2.10 bits per heavy atom. The number of nitro groups is 1. The summed E-state index contributed by atoms with van der Waals surface area (Å²) >= 11 is 1.12. The zero-order valence-corrected chi connectivity index (χ0v) is 16.3. The lowest BCUT2D eigenvalue weighted by Gasteiger charge is -2.08. The highest BCUT2D eigenvalue weighted by Crippen LogP contribution is 2.37. The summed E-state index contributed by atoms with van der Waals surface area (Å²) in [6.07, 6.45) is 1.47. The van der Waals surface area contributed by atoms with Gasteiger partial charge in [0.1, 0.15) is 16.3 Å². The van der Waals surface area contributed by atoms with Gasteiger partial charge in [-0.3, -0.25) is 14.9 Å². The number of hydrogen-bond acceptors (Lipinski definition) is 8. The second-order valence-electron chi connectivity index (χ2n) is 5.65. The van der Waals surface area contributed by atoms with Gasteiger partial charge in [0.15, 0.2) is 5.75 Å². The topological polar surface area (TPSA) is 121 Å². The molecule has 0 saturated heterocycles.